The molecule has 0 saturated heterocycles. The van der Waals surface area contributed by atoms with Gasteiger partial charge in [-0.2, -0.15) is 0 Å². The zero-order chi connectivity index (χ0) is 13.8. The Morgan fingerprint density at radius 1 is 1.42 bits per heavy atom. The van der Waals surface area contributed by atoms with Gasteiger partial charge in [0.15, 0.2) is 0 Å². The lowest BCUT2D eigenvalue weighted by Crippen LogP contribution is -2.47. The van der Waals surface area contributed by atoms with Gasteiger partial charge in [-0.25, -0.2) is 4.79 Å². The zero-order valence-electron chi connectivity index (χ0n) is 10.9. The van der Waals surface area contributed by atoms with E-state index in [0.29, 0.717) is 13.0 Å². The van der Waals surface area contributed by atoms with Crippen LogP contribution < -0.4 is 10.2 Å². The standard InChI is InChI=1S/C14H18N2O3/c1-2-7-15-14(19)16-9-11(13(17)18)8-10-5-3-4-6-12(10)16/h3-6,11H,2,7-9H2,1H3,(H,15,19)(H,17,18). The minimum atomic E-state index is -0.859. The summed E-state index contributed by atoms with van der Waals surface area (Å²) in [7, 11) is 0. The van der Waals surface area contributed by atoms with Crippen molar-refractivity contribution < 1.29 is 14.7 Å². The van der Waals surface area contributed by atoms with E-state index in [1.54, 1.807) is 0 Å². The van der Waals surface area contributed by atoms with Gasteiger partial charge in [0, 0.05) is 18.8 Å². The number of rotatable bonds is 3. The number of benzene rings is 1. The number of anilines is 1. The summed E-state index contributed by atoms with van der Waals surface area (Å²) in [6.45, 7) is 2.79. The van der Waals surface area contributed by atoms with Gasteiger partial charge in [-0.3, -0.25) is 9.69 Å². The second-order valence-electron chi connectivity index (χ2n) is 4.71. The van der Waals surface area contributed by atoms with Gasteiger partial charge in [-0.1, -0.05) is 25.1 Å². The quantitative estimate of drug-likeness (QED) is 0.873. The molecule has 0 spiro atoms. The predicted octanol–water partition coefficient (Wildman–Crippen LogP) is 1.87. The molecule has 0 bridgehead atoms. The summed E-state index contributed by atoms with van der Waals surface area (Å²) in [6, 6.07) is 7.24. The summed E-state index contributed by atoms with van der Waals surface area (Å²) in [4.78, 5) is 24.8. The first kappa shape index (κ1) is 13.4. The first-order valence-corrected chi connectivity index (χ1v) is 6.49. The summed E-state index contributed by atoms with van der Waals surface area (Å²) in [6.07, 6.45) is 1.33. The van der Waals surface area contributed by atoms with Crippen LogP contribution in [0.3, 0.4) is 0 Å². The summed E-state index contributed by atoms with van der Waals surface area (Å²) < 4.78 is 0. The number of para-hydroxylation sites is 1. The van der Waals surface area contributed by atoms with Crippen molar-refractivity contribution in [3.05, 3.63) is 29.8 Å². The van der Waals surface area contributed by atoms with E-state index in [2.05, 4.69) is 5.32 Å². The minimum Gasteiger partial charge on any atom is -0.481 e. The molecule has 0 aliphatic carbocycles. The molecule has 1 heterocycles. The van der Waals surface area contributed by atoms with Crippen molar-refractivity contribution in [3.63, 3.8) is 0 Å². The molecule has 5 heteroatoms. The molecule has 0 aromatic heterocycles. The molecule has 1 atom stereocenters. The van der Waals surface area contributed by atoms with Crippen molar-refractivity contribution >= 4 is 17.7 Å². The molecule has 0 fully saturated rings. The topological polar surface area (TPSA) is 69.6 Å². The number of carboxylic acids is 1. The Bertz CT molecular complexity index is 487. The summed E-state index contributed by atoms with van der Waals surface area (Å²) in [5, 5.41) is 12.0. The fraction of sp³-hybridized carbons (Fsp3) is 0.429. The van der Waals surface area contributed by atoms with Gasteiger partial charge >= 0.3 is 12.0 Å². The second kappa shape index (κ2) is 5.73. The Balaban J connectivity index is 2.26. The Labute approximate surface area is 112 Å². The van der Waals surface area contributed by atoms with Crippen LogP contribution in [0.25, 0.3) is 0 Å². The van der Waals surface area contributed by atoms with E-state index in [1.165, 1.54) is 4.90 Å². The van der Waals surface area contributed by atoms with Gasteiger partial charge in [0.1, 0.15) is 0 Å². The molecule has 1 aromatic rings. The van der Waals surface area contributed by atoms with Crippen molar-refractivity contribution in [1.29, 1.82) is 0 Å². The number of carbonyl (C=O) groups excluding carboxylic acids is 1. The van der Waals surface area contributed by atoms with E-state index in [9.17, 15) is 14.7 Å². The monoisotopic (exact) mass is 262 g/mol. The van der Waals surface area contributed by atoms with Crippen LogP contribution in [0.2, 0.25) is 0 Å². The molecule has 0 saturated carbocycles. The van der Waals surface area contributed by atoms with E-state index in [0.717, 1.165) is 17.7 Å². The third kappa shape index (κ3) is 2.86. The van der Waals surface area contributed by atoms with Crippen molar-refractivity contribution in [1.82, 2.24) is 5.32 Å². The summed E-state index contributed by atoms with van der Waals surface area (Å²) in [5.74, 6) is -1.40. The average Bonchev–Trinajstić information content (AvgIpc) is 2.43. The third-order valence-corrected chi connectivity index (χ3v) is 3.27. The number of hydrogen-bond donors (Lipinski definition) is 2. The highest BCUT2D eigenvalue weighted by Gasteiger charge is 2.31. The molecule has 1 aliphatic rings. The Hall–Kier alpha value is -2.04. The van der Waals surface area contributed by atoms with Crippen molar-refractivity contribution in [2.45, 2.75) is 19.8 Å². The van der Waals surface area contributed by atoms with Crippen LogP contribution in [0.15, 0.2) is 24.3 Å². The van der Waals surface area contributed by atoms with Crippen LogP contribution in [-0.2, 0) is 11.2 Å². The van der Waals surface area contributed by atoms with Gasteiger partial charge in [0.05, 0.1) is 5.92 Å². The maximum absolute atomic E-state index is 12.1. The number of carbonyl (C=O) groups is 2. The largest absolute Gasteiger partial charge is 0.481 e. The van der Waals surface area contributed by atoms with Crippen LogP contribution in [0, 0.1) is 5.92 Å². The maximum atomic E-state index is 12.1. The molecule has 102 valence electrons. The van der Waals surface area contributed by atoms with E-state index in [4.69, 9.17) is 0 Å². The average molecular weight is 262 g/mol. The van der Waals surface area contributed by atoms with Gasteiger partial charge in [0.2, 0.25) is 0 Å². The SMILES string of the molecule is CCCNC(=O)N1CC(C(=O)O)Cc2ccccc21. The van der Waals surface area contributed by atoms with Gasteiger partial charge < -0.3 is 10.4 Å². The van der Waals surface area contributed by atoms with Crippen molar-refractivity contribution in [2.24, 2.45) is 5.92 Å². The lowest BCUT2D eigenvalue weighted by Gasteiger charge is -2.32. The molecule has 5 nitrogen and oxygen atoms in total. The number of aliphatic carboxylic acids is 1. The highest BCUT2D eigenvalue weighted by molar-refractivity contribution is 5.94. The van der Waals surface area contributed by atoms with Crippen LogP contribution in [-0.4, -0.2) is 30.2 Å². The van der Waals surface area contributed by atoms with Crippen LogP contribution in [0.1, 0.15) is 18.9 Å². The predicted molar refractivity (Wildman–Crippen MR) is 72.3 cm³/mol. The van der Waals surface area contributed by atoms with Gasteiger partial charge in [0.25, 0.3) is 0 Å². The molecule has 2 amide bonds. The lowest BCUT2D eigenvalue weighted by atomic mass is 9.93. The first-order valence-electron chi connectivity index (χ1n) is 6.49. The number of nitrogens with zero attached hydrogens (tertiary/aromatic N) is 1. The number of amides is 2. The van der Waals surface area contributed by atoms with Crippen LogP contribution >= 0.6 is 0 Å². The number of carboxylic acid groups (broad SMARTS) is 1. The third-order valence-electron chi connectivity index (χ3n) is 3.27. The minimum absolute atomic E-state index is 0.222. The zero-order valence-corrected chi connectivity index (χ0v) is 10.9. The van der Waals surface area contributed by atoms with Crippen LogP contribution in [0.5, 0.6) is 0 Å². The second-order valence-corrected chi connectivity index (χ2v) is 4.71. The fourth-order valence-corrected chi connectivity index (χ4v) is 2.28. The fourth-order valence-electron chi connectivity index (χ4n) is 2.28. The Morgan fingerprint density at radius 2 is 2.16 bits per heavy atom. The highest BCUT2D eigenvalue weighted by Crippen LogP contribution is 2.29. The van der Waals surface area contributed by atoms with Gasteiger partial charge in [-0.05, 0) is 24.5 Å². The summed E-state index contributed by atoms with van der Waals surface area (Å²) >= 11 is 0. The smallest absolute Gasteiger partial charge is 0.321 e. The Morgan fingerprint density at radius 3 is 2.84 bits per heavy atom. The van der Waals surface area contributed by atoms with Crippen LogP contribution in [0.4, 0.5) is 10.5 Å². The molecule has 1 unspecified atom stereocenters. The van der Waals surface area contributed by atoms with Crippen molar-refractivity contribution in [2.75, 3.05) is 18.0 Å². The molecule has 1 aliphatic heterocycles. The van der Waals surface area contributed by atoms with E-state index >= 15 is 0 Å². The first-order chi connectivity index (χ1) is 9.13. The molecule has 1 aromatic carbocycles. The highest BCUT2D eigenvalue weighted by atomic mass is 16.4. The molecule has 19 heavy (non-hydrogen) atoms. The normalized spacial score (nSPS) is 17.7. The molecular formula is C14H18N2O3. The maximum Gasteiger partial charge on any atom is 0.321 e. The lowest BCUT2D eigenvalue weighted by molar-refractivity contribution is -0.141. The van der Waals surface area contributed by atoms with Crippen molar-refractivity contribution in [3.8, 4) is 0 Å². The Kier molecular flexibility index (Phi) is 4.04. The molecule has 2 rings (SSSR count). The van der Waals surface area contributed by atoms with E-state index < -0.39 is 11.9 Å². The molecule has 2 N–H and O–H groups in total. The number of urea groups is 1. The molecule has 0 radical (unpaired) electrons. The van der Waals surface area contributed by atoms with Gasteiger partial charge in [-0.15, -0.1) is 0 Å². The van der Waals surface area contributed by atoms with E-state index in [1.807, 2.05) is 31.2 Å². The summed E-state index contributed by atoms with van der Waals surface area (Å²) in [5.41, 5.74) is 1.72. The number of nitrogens with one attached hydrogen (secondary N) is 1. The number of hydrogen-bond acceptors (Lipinski definition) is 2. The molecular weight excluding hydrogens is 244 g/mol. The van der Waals surface area contributed by atoms with E-state index in [-0.39, 0.29) is 12.6 Å². The number of fused-ring (bicyclic) bond motifs is 1.